The maximum atomic E-state index is 10.6. The van der Waals surface area contributed by atoms with Crippen molar-refractivity contribution in [3.05, 3.63) is 71.8 Å². The molecule has 6 heteroatoms. The zero-order valence-corrected chi connectivity index (χ0v) is 15.8. The second-order valence-corrected chi connectivity index (χ2v) is 7.09. The Morgan fingerprint density at radius 2 is 1.43 bits per heavy atom. The van der Waals surface area contributed by atoms with Crippen molar-refractivity contribution in [2.24, 2.45) is 0 Å². The van der Waals surface area contributed by atoms with Crippen LogP contribution >= 0.6 is 0 Å². The van der Waals surface area contributed by atoms with Gasteiger partial charge in [0.1, 0.15) is 24.4 Å². The molecule has 2 aliphatic heterocycles. The van der Waals surface area contributed by atoms with Gasteiger partial charge in [0.2, 0.25) is 0 Å². The topological polar surface area (TPSA) is 66.4 Å². The molecule has 2 aromatic rings. The molecule has 150 valence electrons. The van der Waals surface area contributed by atoms with Crippen molar-refractivity contribution in [3.63, 3.8) is 0 Å². The molecule has 0 saturated carbocycles. The lowest BCUT2D eigenvalue weighted by atomic mass is 9.97. The fourth-order valence-corrected chi connectivity index (χ4v) is 3.59. The normalized spacial score (nSPS) is 32.6. The predicted octanol–water partition coefficient (Wildman–Crippen LogP) is 2.64. The van der Waals surface area contributed by atoms with Gasteiger partial charge in [-0.25, -0.2) is 0 Å². The van der Waals surface area contributed by atoms with Gasteiger partial charge in [0.15, 0.2) is 12.6 Å². The maximum absolute atomic E-state index is 10.6. The van der Waals surface area contributed by atoms with Crippen LogP contribution < -0.4 is 0 Å². The Labute approximate surface area is 164 Å². The Morgan fingerprint density at radius 3 is 2.04 bits per heavy atom. The number of aliphatic hydroxyl groups is 1. The van der Waals surface area contributed by atoms with Gasteiger partial charge >= 0.3 is 0 Å². The summed E-state index contributed by atoms with van der Waals surface area (Å²) in [6.45, 7) is 2.93. The summed E-state index contributed by atoms with van der Waals surface area (Å²) in [4.78, 5) is 0. The molecule has 0 aromatic heterocycles. The third kappa shape index (κ3) is 4.60. The van der Waals surface area contributed by atoms with Gasteiger partial charge in [-0.05, 0) is 18.1 Å². The van der Waals surface area contributed by atoms with E-state index < -0.39 is 24.6 Å². The average Bonchev–Trinajstić information content (AvgIpc) is 2.73. The summed E-state index contributed by atoms with van der Waals surface area (Å²) in [6, 6.07) is 19.7. The number of fused-ring (bicyclic) bond motifs is 1. The molecule has 0 radical (unpaired) electrons. The molecule has 0 bridgehead atoms. The summed E-state index contributed by atoms with van der Waals surface area (Å²) in [5, 5.41) is 10.6. The SMILES string of the molecule is C[C@@H]1OC[C@H]2OC(O)[C@H](OCc3ccccc3)[C@@H](OCc3ccccc3)[C@@H]2O1. The van der Waals surface area contributed by atoms with Crippen LogP contribution in [0.15, 0.2) is 60.7 Å². The largest absolute Gasteiger partial charge is 0.368 e. The smallest absolute Gasteiger partial charge is 0.184 e. The van der Waals surface area contributed by atoms with E-state index in [1.165, 1.54) is 0 Å². The standard InChI is InChI=1S/C22H26O6/c1-15-24-14-18-19(27-15)20(25-12-16-8-4-2-5-9-16)21(22(23)28-18)26-13-17-10-6-3-7-11-17/h2-11,15,18-23H,12-14H2,1H3/t15-,18-,19-,20+,21-,22?/m1/s1. The highest BCUT2D eigenvalue weighted by molar-refractivity contribution is 5.14. The zero-order chi connectivity index (χ0) is 19.3. The van der Waals surface area contributed by atoms with Gasteiger partial charge < -0.3 is 28.8 Å². The first-order chi connectivity index (χ1) is 13.7. The molecule has 2 saturated heterocycles. The second kappa shape index (κ2) is 9.13. The highest BCUT2D eigenvalue weighted by atomic mass is 16.7. The van der Waals surface area contributed by atoms with Crippen molar-refractivity contribution in [3.8, 4) is 0 Å². The van der Waals surface area contributed by atoms with Gasteiger partial charge in [-0.2, -0.15) is 0 Å². The van der Waals surface area contributed by atoms with Crippen LogP contribution in [0.2, 0.25) is 0 Å². The Morgan fingerprint density at radius 1 is 0.857 bits per heavy atom. The molecule has 0 aliphatic carbocycles. The molecular weight excluding hydrogens is 360 g/mol. The van der Waals surface area contributed by atoms with E-state index in [1.807, 2.05) is 67.6 Å². The number of ether oxygens (including phenoxy) is 5. The number of hydrogen-bond donors (Lipinski definition) is 1. The van der Waals surface area contributed by atoms with Crippen molar-refractivity contribution in [1.82, 2.24) is 0 Å². The maximum Gasteiger partial charge on any atom is 0.184 e. The first kappa shape index (κ1) is 19.5. The minimum Gasteiger partial charge on any atom is -0.368 e. The summed E-state index contributed by atoms with van der Waals surface area (Å²) < 4.78 is 29.5. The monoisotopic (exact) mass is 386 g/mol. The van der Waals surface area contributed by atoms with Gasteiger partial charge in [-0.15, -0.1) is 0 Å². The van der Waals surface area contributed by atoms with Gasteiger partial charge in [0.05, 0.1) is 19.8 Å². The van der Waals surface area contributed by atoms with Gasteiger partial charge in [0.25, 0.3) is 0 Å². The van der Waals surface area contributed by atoms with Gasteiger partial charge in [-0.1, -0.05) is 60.7 Å². The summed E-state index contributed by atoms with van der Waals surface area (Å²) in [6.07, 6.45) is -3.41. The molecule has 2 aromatic carbocycles. The van der Waals surface area contributed by atoms with Crippen molar-refractivity contribution in [2.75, 3.05) is 6.61 Å². The van der Waals surface area contributed by atoms with Crippen LogP contribution in [0.3, 0.4) is 0 Å². The lowest BCUT2D eigenvalue weighted by Crippen LogP contribution is -2.63. The lowest BCUT2D eigenvalue weighted by molar-refractivity contribution is -0.361. The fourth-order valence-electron chi connectivity index (χ4n) is 3.59. The first-order valence-corrected chi connectivity index (χ1v) is 9.62. The lowest BCUT2D eigenvalue weighted by Gasteiger charge is -2.47. The molecule has 1 N–H and O–H groups in total. The fraction of sp³-hybridized carbons (Fsp3) is 0.455. The third-order valence-corrected chi connectivity index (χ3v) is 5.02. The second-order valence-electron chi connectivity index (χ2n) is 7.09. The minimum absolute atomic E-state index is 0.347. The molecule has 6 nitrogen and oxygen atoms in total. The number of rotatable bonds is 6. The molecule has 1 unspecified atom stereocenters. The van der Waals surface area contributed by atoms with E-state index in [9.17, 15) is 5.11 Å². The van der Waals surface area contributed by atoms with Crippen molar-refractivity contribution in [1.29, 1.82) is 0 Å². The number of benzene rings is 2. The Balaban J connectivity index is 1.50. The molecule has 0 amide bonds. The predicted molar refractivity (Wildman–Crippen MR) is 101 cm³/mol. The van der Waals surface area contributed by atoms with Gasteiger partial charge in [0, 0.05) is 0 Å². The summed E-state index contributed by atoms with van der Waals surface area (Å²) in [7, 11) is 0. The van der Waals surface area contributed by atoms with Crippen LogP contribution in [-0.2, 0) is 36.9 Å². The molecule has 2 heterocycles. The number of hydrogen-bond acceptors (Lipinski definition) is 6. The van der Waals surface area contributed by atoms with Crippen LogP contribution in [0.5, 0.6) is 0 Å². The summed E-state index contributed by atoms with van der Waals surface area (Å²) in [5.41, 5.74) is 2.06. The van der Waals surface area contributed by atoms with Gasteiger partial charge in [-0.3, -0.25) is 0 Å². The van der Waals surface area contributed by atoms with E-state index in [2.05, 4.69) is 0 Å². The third-order valence-electron chi connectivity index (χ3n) is 5.02. The molecule has 6 atom stereocenters. The summed E-state index contributed by atoms with van der Waals surface area (Å²) in [5.74, 6) is 0. The Kier molecular flexibility index (Phi) is 6.36. The van der Waals surface area contributed by atoms with Crippen LogP contribution in [0, 0.1) is 0 Å². The Bertz CT molecular complexity index is 724. The molecule has 2 aliphatic rings. The highest BCUT2D eigenvalue weighted by Crippen LogP contribution is 2.32. The summed E-state index contributed by atoms with van der Waals surface area (Å²) >= 11 is 0. The van der Waals surface area contributed by atoms with Crippen molar-refractivity contribution >= 4 is 0 Å². The molecule has 28 heavy (non-hydrogen) atoms. The van der Waals surface area contributed by atoms with Crippen LogP contribution in [0.1, 0.15) is 18.1 Å². The van der Waals surface area contributed by atoms with E-state index in [0.717, 1.165) is 11.1 Å². The van der Waals surface area contributed by atoms with Crippen LogP contribution in [-0.4, -0.2) is 48.7 Å². The van der Waals surface area contributed by atoms with Crippen molar-refractivity contribution in [2.45, 2.75) is 57.1 Å². The van der Waals surface area contributed by atoms with E-state index >= 15 is 0 Å². The van der Waals surface area contributed by atoms with E-state index in [-0.39, 0.29) is 12.4 Å². The quantitative estimate of drug-likeness (QED) is 0.823. The van der Waals surface area contributed by atoms with E-state index in [1.54, 1.807) is 0 Å². The van der Waals surface area contributed by atoms with Crippen LogP contribution in [0.25, 0.3) is 0 Å². The van der Waals surface area contributed by atoms with E-state index in [4.69, 9.17) is 23.7 Å². The first-order valence-electron chi connectivity index (χ1n) is 9.62. The highest BCUT2D eigenvalue weighted by Gasteiger charge is 2.50. The van der Waals surface area contributed by atoms with Crippen molar-refractivity contribution < 1.29 is 28.8 Å². The number of aliphatic hydroxyl groups excluding tert-OH is 1. The molecule has 0 spiro atoms. The average molecular weight is 386 g/mol. The molecular formula is C22H26O6. The molecule has 4 rings (SSSR count). The zero-order valence-electron chi connectivity index (χ0n) is 15.8. The Hall–Kier alpha value is -1.80. The minimum atomic E-state index is -1.12. The molecule has 2 fully saturated rings. The van der Waals surface area contributed by atoms with E-state index in [0.29, 0.717) is 19.8 Å². The van der Waals surface area contributed by atoms with Crippen LogP contribution in [0.4, 0.5) is 0 Å².